The lowest BCUT2D eigenvalue weighted by molar-refractivity contribution is -0.0457. The molecule has 0 saturated carbocycles. The zero-order valence-electron chi connectivity index (χ0n) is 16.5. The first-order chi connectivity index (χ1) is 15.4. The minimum Gasteiger partial charge on any atom is -0.440 e. The van der Waals surface area contributed by atoms with Crippen LogP contribution >= 0.6 is 34.8 Å². The summed E-state index contributed by atoms with van der Waals surface area (Å²) in [5, 5.41) is 0.607. The van der Waals surface area contributed by atoms with Crippen LogP contribution in [0.3, 0.4) is 0 Å². The molecule has 0 aliphatic carbocycles. The number of hydrogen-bond acceptors (Lipinski definition) is 4. The number of rotatable bonds is 3. The van der Waals surface area contributed by atoms with Crippen LogP contribution in [-0.2, 0) is 10.5 Å². The summed E-state index contributed by atoms with van der Waals surface area (Å²) in [7, 11) is 0. The third kappa shape index (κ3) is 3.65. The molecule has 1 saturated heterocycles. The van der Waals surface area contributed by atoms with E-state index >= 15 is 0 Å². The fourth-order valence-corrected chi connectivity index (χ4v) is 4.80. The van der Waals surface area contributed by atoms with Crippen molar-refractivity contribution in [2.24, 2.45) is 0 Å². The fourth-order valence-electron chi connectivity index (χ4n) is 3.94. The molecule has 0 unspecified atom stereocenters. The summed E-state index contributed by atoms with van der Waals surface area (Å²) in [6.07, 6.45) is 0. The molecule has 32 heavy (non-hydrogen) atoms. The molecule has 0 aromatic heterocycles. The van der Waals surface area contributed by atoms with Gasteiger partial charge in [0, 0.05) is 25.2 Å². The Morgan fingerprint density at radius 1 is 0.719 bits per heavy atom. The highest BCUT2D eigenvalue weighted by Gasteiger charge is 2.48. The van der Waals surface area contributed by atoms with Crippen LogP contribution in [0.2, 0.25) is 15.1 Å². The molecule has 0 N–H and O–H groups in total. The van der Waals surface area contributed by atoms with Crippen molar-refractivity contribution in [3.63, 3.8) is 0 Å². The summed E-state index contributed by atoms with van der Waals surface area (Å²) < 4.78 is 45.6. The minimum absolute atomic E-state index is 0.0673. The van der Waals surface area contributed by atoms with E-state index in [0.29, 0.717) is 54.0 Å². The Bertz CT molecular complexity index is 1150. The van der Waals surface area contributed by atoms with Gasteiger partial charge in [0.1, 0.15) is 11.6 Å². The van der Waals surface area contributed by atoms with Crippen LogP contribution in [0.1, 0.15) is 11.1 Å². The lowest BCUT2D eigenvalue weighted by Gasteiger charge is -2.30. The molecule has 4 nitrogen and oxygen atoms in total. The van der Waals surface area contributed by atoms with E-state index in [1.807, 2.05) is 0 Å². The van der Waals surface area contributed by atoms with Crippen LogP contribution in [-0.4, -0.2) is 26.3 Å². The highest BCUT2D eigenvalue weighted by Crippen LogP contribution is 2.53. The van der Waals surface area contributed by atoms with Gasteiger partial charge < -0.3 is 19.1 Å². The minimum atomic E-state index is -1.66. The maximum Gasteiger partial charge on any atom is 0.308 e. The number of anilines is 1. The van der Waals surface area contributed by atoms with Crippen LogP contribution in [0.15, 0.2) is 48.5 Å². The molecule has 0 atom stereocenters. The van der Waals surface area contributed by atoms with Gasteiger partial charge in [0.2, 0.25) is 0 Å². The molecule has 5 rings (SSSR count). The van der Waals surface area contributed by atoms with Crippen LogP contribution in [0, 0.1) is 11.6 Å². The van der Waals surface area contributed by atoms with Gasteiger partial charge in [-0.1, -0.05) is 34.8 Å². The van der Waals surface area contributed by atoms with Gasteiger partial charge in [-0.25, -0.2) is 8.78 Å². The van der Waals surface area contributed by atoms with Gasteiger partial charge in [-0.05, 0) is 36.4 Å². The standard InChI is InChI=1S/C23H16Cl3F2NO3/c24-17-9-13(27)1-3-15(17)23(16-4-2-14(28)10-18(16)25)31-21-11-19(26)20(12-22(21)32-23)29-5-7-30-8-6-29/h1-4,9-12H,5-8H2. The summed E-state index contributed by atoms with van der Waals surface area (Å²) in [6.45, 7) is 2.53. The average molecular weight is 499 g/mol. The largest absolute Gasteiger partial charge is 0.440 e. The van der Waals surface area contributed by atoms with E-state index < -0.39 is 17.4 Å². The number of hydrogen-bond donors (Lipinski definition) is 0. The molecule has 0 radical (unpaired) electrons. The molecule has 2 aliphatic heterocycles. The first kappa shape index (κ1) is 21.6. The molecular weight excluding hydrogens is 483 g/mol. The molecule has 2 heterocycles. The van der Waals surface area contributed by atoms with Crippen molar-refractivity contribution in [2.75, 3.05) is 31.2 Å². The monoisotopic (exact) mass is 497 g/mol. The Morgan fingerprint density at radius 3 is 1.78 bits per heavy atom. The summed E-state index contributed by atoms with van der Waals surface area (Å²) in [5.41, 5.74) is 1.40. The van der Waals surface area contributed by atoms with Gasteiger partial charge in [-0.3, -0.25) is 0 Å². The van der Waals surface area contributed by atoms with E-state index in [1.165, 1.54) is 24.3 Å². The third-order valence-electron chi connectivity index (χ3n) is 5.44. The molecule has 3 aromatic carbocycles. The lowest BCUT2D eigenvalue weighted by atomic mass is 9.96. The van der Waals surface area contributed by atoms with Crippen molar-refractivity contribution < 1.29 is 23.0 Å². The Morgan fingerprint density at radius 2 is 1.25 bits per heavy atom. The van der Waals surface area contributed by atoms with Gasteiger partial charge in [-0.2, -0.15) is 0 Å². The summed E-state index contributed by atoms with van der Waals surface area (Å²) in [6, 6.07) is 11.1. The number of ether oxygens (including phenoxy) is 3. The fraction of sp³-hybridized carbons (Fsp3) is 0.217. The maximum absolute atomic E-state index is 13.8. The quantitative estimate of drug-likeness (QED) is 0.416. The van der Waals surface area contributed by atoms with Gasteiger partial charge >= 0.3 is 5.79 Å². The highest BCUT2D eigenvalue weighted by molar-refractivity contribution is 6.33. The van der Waals surface area contributed by atoms with Crippen molar-refractivity contribution in [1.82, 2.24) is 0 Å². The molecule has 1 fully saturated rings. The van der Waals surface area contributed by atoms with Gasteiger partial charge in [0.05, 0.1) is 45.1 Å². The van der Waals surface area contributed by atoms with Crippen LogP contribution < -0.4 is 14.4 Å². The Kier molecular flexibility index (Phi) is 5.58. The van der Waals surface area contributed by atoms with E-state index in [9.17, 15) is 8.78 Å². The molecule has 0 spiro atoms. The van der Waals surface area contributed by atoms with E-state index in [-0.39, 0.29) is 10.0 Å². The normalized spacial score (nSPS) is 17.0. The van der Waals surface area contributed by atoms with Crippen LogP contribution in [0.4, 0.5) is 14.5 Å². The number of benzene rings is 3. The van der Waals surface area contributed by atoms with Crippen molar-refractivity contribution in [3.8, 4) is 11.5 Å². The van der Waals surface area contributed by atoms with Crippen molar-refractivity contribution in [1.29, 1.82) is 0 Å². The smallest absolute Gasteiger partial charge is 0.308 e. The summed E-state index contributed by atoms with van der Waals surface area (Å²) in [5.74, 6) is -1.95. The van der Waals surface area contributed by atoms with Crippen molar-refractivity contribution in [3.05, 3.63) is 86.4 Å². The number of morpholine rings is 1. The third-order valence-corrected chi connectivity index (χ3v) is 6.37. The van der Waals surface area contributed by atoms with Gasteiger partial charge in [0.25, 0.3) is 0 Å². The molecule has 2 aliphatic rings. The SMILES string of the molecule is Fc1ccc(C2(c3ccc(F)cc3Cl)Oc3cc(Cl)c(N4CCOCC4)cc3O2)c(Cl)c1. The van der Waals surface area contributed by atoms with Crippen molar-refractivity contribution >= 4 is 40.5 Å². The second-order valence-electron chi connectivity index (χ2n) is 7.42. The molecule has 3 aromatic rings. The van der Waals surface area contributed by atoms with Crippen molar-refractivity contribution in [2.45, 2.75) is 5.79 Å². The highest BCUT2D eigenvalue weighted by atomic mass is 35.5. The Balaban J connectivity index is 1.65. The molecule has 166 valence electrons. The number of fused-ring (bicyclic) bond motifs is 1. The second kappa shape index (κ2) is 8.27. The first-order valence-electron chi connectivity index (χ1n) is 9.83. The van der Waals surface area contributed by atoms with Gasteiger partial charge in [-0.15, -0.1) is 0 Å². The maximum atomic E-state index is 13.8. The molecular formula is C23H16Cl3F2NO3. The zero-order chi connectivity index (χ0) is 22.5. The summed E-state index contributed by atoms with van der Waals surface area (Å²) >= 11 is 19.4. The predicted molar refractivity (Wildman–Crippen MR) is 119 cm³/mol. The van der Waals surface area contributed by atoms with E-state index in [2.05, 4.69) is 4.90 Å². The van der Waals surface area contributed by atoms with E-state index in [4.69, 9.17) is 49.0 Å². The zero-order valence-corrected chi connectivity index (χ0v) is 18.8. The molecule has 0 amide bonds. The Hall–Kier alpha value is -2.25. The van der Waals surface area contributed by atoms with E-state index in [0.717, 1.165) is 17.8 Å². The van der Waals surface area contributed by atoms with E-state index in [1.54, 1.807) is 12.1 Å². The van der Waals surface area contributed by atoms with Crippen LogP contribution in [0.5, 0.6) is 11.5 Å². The Labute approximate surface area is 198 Å². The molecule has 0 bridgehead atoms. The van der Waals surface area contributed by atoms with Crippen LogP contribution in [0.25, 0.3) is 0 Å². The first-order valence-corrected chi connectivity index (χ1v) is 11.0. The van der Waals surface area contributed by atoms with Gasteiger partial charge in [0.15, 0.2) is 11.5 Å². The number of halogens is 5. The molecule has 9 heteroatoms. The number of nitrogens with zero attached hydrogens (tertiary/aromatic N) is 1. The second-order valence-corrected chi connectivity index (χ2v) is 8.64. The predicted octanol–water partition coefficient (Wildman–Crippen LogP) is 6.43. The summed E-state index contributed by atoms with van der Waals surface area (Å²) in [4.78, 5) is 2.09. The topological polar surface area (TPSA) is 30.9 Å². The lowest BCUT2D eigenvalue weighted by Crippen LogP contribution is -2.37. The average Bonchev–Trinajstić information content (AvgIpc) is 3.12.